The first-order valence-corrected chi connectivity index (χ1v) is 6.58. The van der Waals surface area contributed by atoms with Crippen LogP contribution in [0.3, 0.4) is 0 Å². The van der Waals surface area contributed by atoms with Crippen molar-refractivity contribution in [3.8, 4) is 10.6 Å². The summed E-state index contributed by atoms with van der Waals surface area (Å²) in [6, 6.07) is 6.26. The van der Waals surface area contributed by atoms with E-state index in [9.17, 15) is 0 Å². The molecule has 0 bridgehead atoms. The Hall–Kier alpha value is -0.740. The second-order valence-electron chi connectivity index (χ2n) is 3.70. The molecule has 3 rings (SSSR count). The SMILES string of the molecule is Brc1nc(-c2cccs2)cc(C2CC2)n1. The zero-order valence-electron chi connectivity index (χ0n) is 7.98. The van der Waals surface area contributed by atoms with Crippen molar-refractivity contribution in [1.82, 2.24) is 9.97 Å². The van der Waals surface area contributed by atoms with Gasteiger partial charge in [-0.25, -0.2) is 9.97 Å². The maximum atomic E-state index is 4.42. The quantitative estimate of drug-likeness (QED) is 0.781. The molecule has 76 valence electrons. The fourth-order valence-corrected chi connectivity index (χ4v) is 2.66. The van der Waals surface area contributed by atoms with E-state index in [1.54, 1.807) is 11.3 Å². The summed E-state index contributed by atoms with van der Waals surface area (Å²) < 4.78 is 0.704. The van der Waals surface area contributed by atoms with E-state index in [2.05, 4.69) is 43.4 Å². The Kier molecular flexibility index (Phi) is 2.33. The van der Waals surface area contributed by atoms with E-state index >= 15 is 0 Å². The fraction of sp³-hybridized carbons (Fsp3) is 0.273. The molecule has 1 aliphatic carbocycles. The lowest BCUT2D eigenvalue weighted by atomic mass is 10.2. The smallest absolute Gasteiger partial charge is 0.197 e. The first-order valence-electron chi connectivity index (χ1n) is 4.91. The zero-order chi connectivity index (χ0) is 10.3. The molecule has 0 unspecified atom stereocenters. The summed E-state index contributed by atoms with van der Waals surface area (Å²) >= 11 is 5.09. The Morgan fingerprint density at radius 1 is 1.33 bits per heavy atom. The summed E-state index contributed by atoms with van der Waals surface area (Å²) in [5.74, 6) is 0.669. The van der Waals surface area contributed by atoms with Gasteiger partial charge in [0.2, 0.25) is 0 Å². The van der Waals surface area contributed by atoms with E-state index in [0.29, 0.717) is 10.7 Å². The predicted molar refractivity (Wildman–Crippen MR) is 65.0 cm³/mol. The average molecular weight is 281 g/mol. The zero-order valence-corrected chi connectivity index (χ0v) is 10.4. The largest absolute Gasteiger partial charge is 0.227 e. The number of halogens is 1. The highest BCUT2D eigenvalue weighted by Crippen LogP contribution is 2.40. The summed E-state index contributed by atoms with van der Waals surface area (Å²) in [6.45, 7) is 0. The molecule has 4 heteroatoms. The Morgan fingerprint density at radius 3 is 2.87 bits per heavy atom. The van der Waals surface area contributed by atoms with E-state index in [-0.39, 0.29) is 0 Å². The normalized spacial score (nSPS) is 15.5. The second-order valence-corrected chi connectivity index (χ2v) is 5.36. The van der Waals surface area contributed by atoms with Crippen molar-refractivity contribution in [2.24, 2.45) is 0 Å². The van der Waals surface area contributed by atoms with E-state index in [0.717, 1.165) is 5.69 Å². The van der Waals surface area contributed by atoms with Crippen LogP contribution in [0.2, 0.25) is 0 Å². The van der Waals surface area contributed by atoms with Crippen molar-refractivity contribution in [3.63, 3.8) is 0 Å². The molecule has 15 heavy (non-hydrogen) atoms. The van der Waals surface area contributed by atoms with Crippen LogP contribution >= 0.6 is 27.3 Å². The van der Waals surface area contributed by atoms with Gasteiger partial charge in [0.05, 0.1) is 10.6 Å². The van der Waals surface area contributed by atoms with E-state index < -0.39 is 0 Å². The molecular weight excluding hydrogens is 272 g/mol. The number of rotatable bonds is 2. The van der Waals surface area contributed by atoms with Gasteiger partial charge in [0.25, 0.3) is 0 Å². The third-order valence-corrected chi connectivity index (χ3v) is 3.73. The summed E-state index contributed by atoms with van der Waals surface area (Å²) in [5, 5.41) is 2.07. The van der Waals surface area contributed by atoms with Crippen molar-refractivity contribution in [1.29, 1.82) is 0 Å². The van der Waals surface area contributed by atoms with Gasteiger partial charge in [-0.2, -0.15) is 0 Å². The Balaban J connectivity index is 2.07. The first-order chi connectivity index (χ1) is 7.33. The maximum absolute atomic E-state index is 4.42. The van der Waals surface area contributed by atoms with Crippen LogP contribution in [0.25, 0.3) is 10.6 Å². The maximum Gasteiger partial charge on any atom is 0.197 e. The summed E-state index contributed by atoms with van der Waals surface area (Å²) in [6.07, 6.45) is 2.54. The molecule has 1 saturated carbocycles. The number of hydrogen-bond acceptors (Lipinski definition) is 3. The van der Waals surface area contributed by atoms with E-state index in [1.807, 2.05) is 6.07 Å². The lowest BCUT2D eigenvalue weighted by Crippen LogP contribution is -1.92. The second kappa shape index (κ2) is 3.68. The van der Waals surface area contributed by atoms with E-state index in [4.69, 9.17) is 0 Å². The molecule has 0 spiro atoms. The Morgan fingerprint density at radius 2 is 2.20 bits per heavy atom. The van der Waals surface area contributed by atoms with Gasteiger partial charge in [0, 0.05) is 11.6 Å². The van der Waals surface area contributed by atoms with Gasteiger partial charge < -0.3 is 0 Å². The molecular formula is C11H9BrN2S. The molecule has 2 aromatic heterocycles. The molecule has 2 heterocycles. The molecule has 0 saturated heterocycles. The average Bonchev–Trinajstić information content (AvgIpc) is 2.93. The molecule has 0 amide bonds. The van der Waals surface area contributed by atoms with Crippen LogP contribution in [0.5, 0.6) is 0 Å². The minimum atomic E-state index is 0.669. The number of thiophene rings is 1. The Labute approximate surface area is 101 Å². The van der Waals surface area contributed by atoms with Gasteiger partial charge in [-0.1, -0.05) is 6.07 Å². The van der Waals surface area contributed by atoms with Crippen LogP contribution in [0.1, 0.15) is 24.5 Å². The first kappa shape index (κ1) is 9.48. The van der Waals surface area contributed by atoms with Crippen molar-refractivity contribution >= 4 is 27.3 Å². The minimum Gasteiger partial charge on any atom is -0.227 e. The summed E-state index contributed by atoms with van der Waals surface area (Å²) in [5.41, 5.74) is 2.22. The standard InChI is InChI=1S/C11H9BrN2S/c12-11-13-8(7-3-4-7)6-9(14-11)10-2-1-5-15-10/h1-2,5-7H,3-4H2. The highest BCUT2D eigenvalue weighted by molar-refractivity contribution is 9.10. The highest BCUT2D eigenvalue weighted by atomic mass is 79.9. The molecule has 0 atom stereocenters. The van der Waals surface area contributed by atoms with Crippen LogP contribution < -0.4 is 0 Å². The van der Waals surface area contributed by atoms with Crippen molar-refractivity contribution in [2.75, 3.05) is 0 Å². The molecule has 2 nitrogen and oxygen atoms in total. The summed E-state index contributed by atoms with van der Waals surface area (Å²) in [7, 11) is 0. The van der Waals surface area contributed by atoms with Gasteiger partial charge in [-0.15, -0.1) is 11.3 Å². The van der Waals surface area contributed by atoms with Gasteiger partial charge in [0.1, 0.15) is 0 Å². The molecule has 0 aromatic carbocycles. The molecule has 1 aliphatic rings. The van der Waals surface area contributed by atoms with Crippen LogP contribution in [-0.4, -0.2) is 9.97 Å². The van der Waals surface area contributed by atoms with E-state index in [1.165, 1.54) is 23.4 Å². The number of aromatic nitrogens is 2. The van der Waals surface area contributed by atoms with Crippen LogP contribution in [0.4, 0.5) is 0 Å². The van der Waals surface area contributed by atoms with Crippen molar-refractivity contribution in [3.05, 3.63) is 34.0 Å². The van der Waals surface area contributed by atoms with Gasteiger partial charge in [-0.3, -0.25) is 0 Å². The van der Waals surface area contributed by atoms with Gasteiger partial charge >= 0.3 is 0 Å². The van der Waals surface area contributed by atoms with Crippen molar-refractivity contribution < 1.29 is 0 Å². The van der Waals surface area contributed by atoms with Crippen LogP contribution in [0.15, 0.2) is 28.3 Å². The van der Waals surface area contributed by atoms with Crippen molar-refractivity contribution in [2.45, 2.75) is 18.8 Å². The highest BCUT2D eigenvalue weighted by Gasteiger charge is 2.26. The molecule has 1 fully saturated rings. The minimum absolute atomic E-state index is 0.669. The van der Waals surface area contributed by atoms with Gasteiger partial charge in [0.15, 0.2) is 4.73 Å². The molecule has 2 aromatic rings. The molecule has 0 radical (unpaired) electrons. The van der Waals surface area contributed by atoms with Gasteiger partial charge in [-0.05, 0) is 46.3 Å². The Bertz CT molecular complexity index is 477. The number of nitrogens with zero attached hydrogens (tertiary/aromatic N) is 2. The monoisotopic (exact) mass is 280 g/mol. The fourth-order valence-electron chi connectivity index (χ4n) is 1.57. The molecule has 0 aliphatic heterocycles. The topological polar surface area (TPSA) is 25.8 Å². The lowest BCUT2D eigenvalue weighted by Gasteiger charge is -2.02. The third-order valence-electron chi connectivity index (χ3n) is 2.49. The third kappa shape index (κ3) is 1.96. The number of hydrogen-bond donors (Lipinski definition) is 0. The molecule has 0 N–H and O–H groups in total. The van der Waals surface area contributed by atoms with Crippen LogP contribution in [0, 0.1) is 0 Å². The lowest BCUT2D eigenvalue weighted by molar-refractivity contribution is 0.968. The summed E-state index contributed by atoms with van der Waals surface area (Å²) in [4.78, 5) is 10.0. The predicted octanol–water partition coefficient (Wildman–Crippen LogP) is 3.85. The van der Waals surface area contributed by atoms with Crippen LogP contribution in [-0.2, 0) is 0 Å².